The summed E-state index contributed by atoms with van der Waals surface area (Å²) >= 11 is 5.10. The van der Waals surface area contributed by atoms with E-state index in [0.29, 0.717) is 11.2 Å². The van der Waals surface area contributed by atoms with Crippen molar-refractivity contribution in [1.82, 2.24) is 4.98 Å². The molecule has 3 nitrogen and oxygen atoms in total. The summed E-state index contributed by atoms with van der Waals surface area (Å²) in [5, 5.41) is 0.621. The Kier molecular flexibility index (Phi) is 3.34. The summed E-state index contributed by atoms with van der Waals surface area (Å²) in [6.07, 6.45) is 1.59. The fourth-order valence-corrected chi connectivity index (χ4v) is 2.81. The third-order valence-corrected chi connectivity index (χ3v) is 4.18. The minimum Gasteiger partial charge on any atom is -0.422 e. The van der Waals surface area contributed by atoms with E-state index in [1.807, 2.05) is 18.2 Å². The van der Waals surface area contributed by atoms with Gasteiger partial charge in [0.2, 0.25) is 5.88 Å². The van der Waals surface area contributed by atoms with Crippen molar-refractivity contribution in [2.75, 3.05) is 0 Å². The zero-order valence-corrected chi connectivity index (χ0v) is 10.1. The Morgan fingerprint density at radius 1 is 1.06 bits per heavy atom. The lowest BCUT2D eigenvalue weighted by Crippen LogP contribution is -2.08. The molecule has 16 heavy (non-hydrogen) atoms. The van der Waals surface area contributed by atoms with Crippen molar-refractivity contribution in [2.24, 2.45) is 0 Å². The van der Waals surface area contributed by atoms with Crippen LogP contribution in [0.1, 0.15) is 0 Å². The Bertz CT molecular complexity index is 504. The number of hydrogen-bond donors (Lipinski definition) is 1. The van der Waals surface area contributed by atoms with Gasteiger partial charge in [0.1, 0.15) is 0 Å². The molecule has 1 unspecified atom stereocenters. The van der Waals surface area contributed by atoms with Crippen LogP contribution in [0, 0.1) is 0 Å². The lowest BCUT2D eigenvalue weighted by Gasteiger charge is -2.15. The normalized spacial score (nSPS) is 14.1. The van der Waals surface area contributed by atoms with Crippen LogP contribution in [0.4, 0.5) is 0 Å². The van der Waals surface area contributed by atoms with Crippen LogP contribution in [-0.4, -0.2) is 9.88 Å². The second kappa shape index (κ2) is 4.74. The van der Waals surface area contributed by atoms with Gasteiger partial charge in [0.25, 0.3) is 6.49 Å². The largest absolute Gasteiger partial charge is 0.422 e. The molecule has 0 aliphatic carbocycles. The number of pyridine rings is 1. The van der Waals surface area contributed by atoms with Crippen LogP contribution in [0.25, 0.3) is 0 Å². The van der Waals surface area contributed by atoms with E-state index in [9.17, 15) is 4.89 Å². The predicted octanol–water partition coefficient (Wildman–Crippen LogP) is 2.09. The molecule has 0 aliphatic heterocycles. The highest BCUT2D eigenvalue weighted by Crippen LogP contribution is 2.40. The van der Waals surface area contributed by atoms with E-state index in [4.69, 9.17) is 16.3 Å². The van der Waals surface area contributed by atoms with Crippen molar-refractivity contribution in [2.45, 2.75) is 0 Å². The molecule has 0 amide bonds. The average molecular weight is 251 g/mol. The van der Waals surface area contributed by atoms with E-state index in [0.717, 1.165) is 0 Å². The fraction of sp³-hybridized carbons (Fsp3) is 0. The van der Waals surface area contributed by atoms with Gasteiger partial charge in [0, 0.05) is 17.6 Å². The molecular weight excluding hydrogens is 241 g/mol. The first-order chi connectivity index (χ1) is 7.68. The van der Waals surface area contributed by atoms with E-state index in [-0.39, 0.29) is 0 Å². The quantitative estimate of drug-likeness (QED) is 0.848. The number of nitrogens with zero attached hydrogens (tertiary/aromatic N) is 1. The van der Waals surface area contributed by atoms with Gasteiger partial charge in [-0.1, -0.05) is 24.3 Å². The van der Waals surface area contributed by atoms with Gasteiger partial charge in [0.15, 0.2) is 0 Å². The molecule has 0 bridgehead atoms. The summed E-state index contributed by atoms with van der Waals surface area (Å²) in [6, 6.07) is 14.2. The second-order valence-electron chi connectivity index (χ2n) is 3.12. The molecule has 0 spiro atoms. The molecule has 1 aromatic heterocycles. The number of rotatable bonds is 3. The molecule has 1 atom stereocenters. The molecule has 2 rings (SSSR count). The van der Waals surface area contributed by atoms with Crippen LogP contribution >= 0.6 is 6.49 Å². The maximum absolute atomic E-state index is 10.1. The predicted molar refractivity (Wildman–Crippen MR) is 67.4 cm³/mol. The summed E-state index contributed by atoms with van der Waals surface area (Å²) in [5.74, 6) is 0.345. The Morgan fingerprint density at radius 2 is 1.75 bits per heavy atom. The SMILES string of the molecule is OP(=S)(Oc1ccccn1)c1ccccc1. The van der Waals surface area contributed by atoms with Crippen molar-refractivity contribution in [3.8, 4) is 5.88 Å². The summed E-state index contributed by atoms with van der Waals surface area (Å²) in [7, 11) is 0. The maximum Gasteiger partial charge on any atom is 0.267 e. The molecule has 1 aromatic carbocycles. The molecule has 0 aliphatic rings. The minimum absolute atomic E-state index is 0.345. The zero-order chi connectivity index (χ0) is 11.4. The third kappa shape index (κ3) is 2.67. The van der Waals surface area contributed by atoms with Crippen molar-refractivity contribution < 1.29 is 9.42 Å². The maximum atomic E-state index is 10.1. The summed E-state index contributed by atoms with van der Waals surface area (Å²) < 4.78 is 5.36. The average Bonchev–Trinajstić information content (AvgIpc) is 2.31. The van der Waals surface area contributed by atoms with Gasteiger partial charge >= 0.3 is 0 Å². The molecule has 1 N–H and O–H groups in total. The van der Waals surface area contributed by atoms with Crippen molar-refractivity contribution in [3.63, 3.8) is 0 Å². The van der Waals surface area contributed by atoms with Gasteiger partial charge in [-0.3, -0.25) is 0 Å². The third-order valence-electron chi connectivity index (χ3n) is 1.94. The monoisotopic (exact) mass is 251 g/mol. The van der Waals surface area contributed by atoms with Gasteiger partial charge in [0.05, 0.1) is 0 Å². The van der Waals surface area contributed by atoms with Crippen LogP contribution < -0.4 is 9.83 Å². The highest BCUT2D eigenvalue weighted by atomic mass is 32.5. The first kappa shape index (κ1) is 11.3. The van der Waals surface area contributed by atoms with Gasteiger partial charge in [-0.2, -0.15) is 0 Å². The lowest BCUT2D eigenvalue weighted by atomic mass is 10.4. The van der Waals surface area contributed by atoms with Crippen LogP contribution in [0.3, 0.4) is 0 Å². The Hall–Kier alpha value is -1.22. The smallest absolute Gasteiger partial charge is 0.267 e. The van der Waals surface area contributed by atoms with Crippen molar-refractivity contribution >= 4 is 23.6 Å². The number of aromatic nitrogens is 1. The molecule has 5 heteroatoms. The fourth-order valence-electron chi connectivity index (χ4n) is 1.20. The Balaban J connectivity index is 2.25. The van der Waals surface area contributed by atoms with Crippen molar-refractivity contribution in [3.05, 3.63) is 54.7 Å². The number of hydrogen-bond acceptors (Lipinski definition) is 3. The highest BCUT2D eigenvalue weighted by molar-refractivity contribution is 8.13. The molecule has 0 saturated carbocycles. The second-order valence-corrected chi connectivity index (χ2v) is 6.34. The molecule has 82 valence electrons. The molecule has 0 radical (unpaired) electrons. The van der Waals surface area contributed by atoms with E-state index in [2.05, 4.69) is 4.98 Å². The van der Waals surface area contributed by atoms with Gasteiger partial charge in [-0.15, -0.1) is 0 Å². The lowest BCUT2D eigenvalue weighted by molar-refractivity contribution is 0.484. The van der Waals surface area contributed by atoms with Crippen LogP contribution in [0.15, 0.2) is 54.7 Å². The zero-order valence-electron chi connectivity index (χ0n) is 8.35. The van der Waals surface area contributed by atoms with Crippen molar-refractivity contribution in [1.29, 1.82) is 0 Å². The molecule has 2 aromatic rings. The Labute approximate surface area is 98.9 Å². The first-order valence-corrected chi connectivity index (χ1v) is 7.35. The van der Waals surface area contributed by atoms with Gasteiger partial charge < -0.3 is 9.42 Å². The molecule has 0 saturated heterocycles. The van der Waals surface area contributed by atoms with Crippen LogP contribution in [0.5, 0.6) is 5.88 Å². The summed E-state index contributed by atoms with van der Waals surface area (Å²) in [5.41, 5.74) is 0. The van der Waals surface area contributed by atoms with E-state index < -0.39 is 6.49 Å². The van der Waals surface area contributed by atoms with Crippen LogP contribution in [-0.2, 0) is 11.8 Å². The number of benzene rings is 1. The van der Waals surface area contributed by atoms with Crippen LogP contribution in [0.2, 0.25) is 0 Å². The summed E-state index contributed by atoms with van der Waals surface area (Å²) in [6.45, 7) is -3.00. The van der Waals surface area contributed by atoms with Gasteiger partial charge in [-0.25, -0.2) is 4.98 Å². The molecule has 0 fully saturated rings. The minimum atomic E-state index is -3.00. The highest BCUT2D eigenvalue weighted by Gasteiger charge is 2.18. The summed E-state index contributed by atoms with van der Waals surface area (Å²) in [4.78, 5) is 14.1. The molecule has 1 heterocycles. The first-order valence-electron chi connectivity index (χ1n) is 4.67. The standard InChI is InChI=1S/C11H10NO2PS/c13-15(16,10-6-2-1-3-7-10)14-11-8-4-5-9-12-11/h1-9H,(H,13,16). The van der Waals surface area contributed by atoms with E-state index in [1.54, 1.807) is 36.5 Å². The topological polar surface area (TPSA) is 42.4 Å². The molecular formula is C11H10NO2PS. The Morgan fingerprint density at radius 3 is 2.38 bits per heavy atom. The van der Waals surface area contributed by atoms with E-state index in [1.165, 1.54) is 0 Å². The van der Waals surface area contributed by atoms with E-state index >= 15 is 0 Å². The van der Waals surface area contributed by atoms with Gasteiger partial charge in [-0.05, 0) is 30.0 Å².